The molecule has 6 heteroatoms. The lowest BCUT2D eigenvalue weighted by Crippen LogP contribution is -2.44. The van der Waals surface area contributed by atoms with Crippen molar-refractivity contribution in [1.29, 1.82) is 0 Å². The molecule has 0 bridgehead atoms. The van der Waals surface area contributed by atoms with Crippen molar-refractivity contribution in [3.63, 3.8) is 0 Å². The molecule has 94 valence electrons. The van der Waals surface area contributed by atoms with Crippen LogP contribution in [0.25, 0.3) is 0 Å². The van der Waals surface area contributed by atoms with Crippen molar-refractivity contribution >= 4 is 5.91 Å². The molecule has 0 aromatic carbocycles. The van der Waals surface area contributed by atoms with Crippen LogP contribution >= 0.6 is 0 Å². The van der Waals surface area contributed by atoms with E-state index in [1.165, 1.54) is 0 Å². The topological polar surface area (TPSA) is 32.3 Å². The van der Waals surface area contributed by atoms with Gasteiger partial charge in [-0.25, -0.2) is 0 Å². The number of hydrogen-bond donors (Lipinski definition) is 1. The average molecular weight is 238 g/mol. The number of carbonyl (C=O) groups excluding carboxylic acids is 1. The lowest BCUT2D eigenvalue weighted by atomic mass is 10.2. The largest absolute Gasteiger partial charge is 0.390 e. The standard InChI is InChI=1S/C10H17F3N2O/c1-8(14-5-4-10(11,12)13)9(16)15-6-2-3-7-15/h8,14H,2-7H2,1H3. The molecule has 16 heavy (non-hydrogen) atoms. The summed E-state index contributed by atoms with van der Waals surface area (Å²) in [5.74, 6) is -0.0975. The van der Waals surface area contributed by atoms with E-state index in [4.69, 9.17) is 0 Å². The number of likely N-dealkylation sites (tertiary alicyclic amines) is 1. The third-order valence-corrected chi connectivity index (χ3v) is 2.65. The molecule has 0 aliphatic carbocycles. The van der Waals surface area contributed by atoms with Crippen molar-refractivity contribution < 1.29 is 18.0 Å². The van der Waals surface area contributed by atoms with Gasteiger partial charge in [0, 0.05) is 19.6 Å². The molecule has 1 atom stereocenters. The van der Waals surface area contributed by atoms with Crippen molar-refractivity contribution in [2.24, 2.45) is 0 Å². The normalized spacial score (nSPS) is 18.9. The summed E-state index contributed by atoms with van der Waals surface area (Å²) < 4.78 is 35.6. The molecule has 1 amide bonds. The molecule has 1 saturated heterocycles. The summed E-state index contributed by atoms with van der Waals surface area (Å²) in [5.41, 5.74) is 0. The summed E-state index contributed by atoms with van der Waals surface area (Å²) in [5, 5.41) is 2.60. The first-order chi connectivity index (χ1) is 7.40. The van der Waals surface area contributed by atoms with Gasteiger partial charge < -0.3 is 10.2 Å². The van der Waals surface area contributed by atoms with Gasteiger partial charge in [0.25, 0.3) is 0 Å². The first-order valence-corrected chi connectivity index (χ1v) is 5.49. The van der Waals surface area contributed by atoms with E-state index in [1.54, 1.807) is 11.8 Å². The van der Waals surface area contributed by atoms with Gasteiger partial charge in [-0.1, -0.05) is 0 Å². The second-order valence-corrected chi connectivity index (χ2v) is 4.07. The fourth-order valence-electron chi connectivity index (χ4n) is 1.73. The summed E-state index contributed by atoms with van der Waals surface area (Å²) in [7, 11) is 0. The molecule has 0 radical (unpaired) electrons. The Kier molecular flexibility index (Phi) is 4.58. The first kappa shape index (κ1) is 13.3. The van der Waals surface area contributed by atoms with Gasteiger partial charge >= 0.3 is 6.18 Å². The van der Waals surface area contributed by atoms with E-state index in [0.29, 0.717) is 0 Å². The number of hydrogen-bond acceptors (Lipinski definition) is 2. The minimum atomic E-state index is -4.16. The van der Waals surface area contributed by atoms with Crippen LogP contribution in [0.4, 0.5) is 13.2 Å². The molecule has 1 fully saturated rings. The van der Waals surface area contributed by atoms with E-state index >= 15 is 0 Å². The van der Waals surface area contributed by atoms with Gasteiger partial charge in [0.05, 0.1) is 12.5 Å². The van der Waals surface area contributed by atoms with E-state index in [-0.39, 0.29) is 12.5 Å². The minimum Gasteiger partial charge on any atom is -0.341 e. The maximum absolute atomic E-state index is 11.9. The quantitative estimate of drug-likeness (QED) is 0.805. The Morgan fingerprint density at radius 3 is 2.44 bits per heavy atom. The molecule has 1 aliphatic heterocycles. The van der Waals surface area contributed by atoms with Crippen LogP contribution in [0.5, 0.6) is 0 Å². The van der Waals surface area contributed by atoms with Crippen molar-refractivity contribution in [3.8, 4) is 0 Å². The van der Waals surface area contributed by atoms with Crippen molar-refractivity contribution in [3.05, 3.63) is 0 Å². The molecule has 0 saturated carbocycles. The highest BCUT2D eigenvalue weighted by Crippen LogP contribution is 2.18. The number of nitrogens with one attached hydrogen (secondary N) is 1. The molecule has 1 aliphatic rings. The highest BCUT2D eigenvalue weighted by molar-refractivity contribution is 5.81. The van der Waals surface area contributed by atoms with Gasteiger partial charge in [0.2, 0.25) is 5.91 Å². The molecule has 3 nitrogen and oxygen atoms in total. The van der Waals surface area contributed by atoms with Crippen LogP contribution in [0.3, 0.4) is 0 Å². The lowest BCUT2D eigenvalue weighted by Gasteiger charge is -2.21. The van der Waals surface area contributed by atoms with Crippen LogP contribution in [0.1, 0.15) is 26.2 Å². The van der Waals surface area contributed by atoms with E-state index in [9.17, 15) is 18.0 Å². The summed E-state index contributed by atoms with van der Waals surface area (Å²) in [4.78, 5) is 13.4. The third kappa shape index (κ3) is 4.38. The maximum atomic E-state index is 11.9. The Morgan fingerprint density at radius 1 is 1.38 bits per heavy atom. The van der Waals surface area contributed by atoms with Crippen LogP contribution in [0.2, 0.25) is 0 Å². The number of nitrogens with zero attached hydrogens (tertiary/aromatic N) is 1. The fraction of sp³-hybridized carbons (Fsp3) is 0.900. The predicted molar refractivity (Wildman–Crippen MR) is 54.0 cm³/mol. The molecule has 1 heterocycles. The third-order valence-electron chi connectivity index (χ3n) is 2.65. The number of alkyl halides is 3. The fourth-order valence-corrected chi connectivity index (χ4v) is 1.73. The van der Waals surface area contributed by atoms with Gasteiger partial charge in [-0.15, -0.1) is 0 Å². The van der Waals surface area contributed by atoms with Crippen molar-refractivity contribution in [2.75, 3.05) is 19.6 Å². The Hall–Kier alpha value is -0.780. The van der Waals surface area contributed by atoms with Crippen LogP contribution < -0.4 is 5.32 Å². The number of halogens is 3. The summed E-state index contributed by atoms with van der Waals surface area (Å²) in [6.07, 6.45) is -3.09. The summed E-state index contributed by atoms with van der Waals surface area (Å²) in [6, 6.07) is -0.527. The van der Waals surface area contributed by atoms with Crippen LogP contribution in [-0.2, 0) is 4.79 Å². The zero-order valence-corrected chi connectivity index (χ0v) is 9.31. The summed E-state index contributed by atoms with van der Waals surface area (Å²) in [6.45, 7) is 2.86. The molecule has 0 aromatic rings. The van der Waals surface area contributed by atoms with Gasteiger partial charge in [0.1, 0.15) is 0 Å². The number of amides is 1. The zero-order valence-electron chi connectivity index (χ0n) is 9.31. The lowest BCUT2D eigenvalue weighted by molar-refractivity contribution is -0.137. The maximum Gasteiger partial charge on any atom is 0.390 e. The molecule has 1 N–H and O–H groups in total. The van der Waals surface area contributed by atoms with Gasteiger partial charge in [0.15, 0.2) is 0 Å². The molecule has 1 rings (SSSR count). The van der Waals surface area contributed by atoms with Gasteiger partial charge in [-0.3, -0.25) is 4.79 Å². The van der Waals surface area contributed by atoms with E-state index in [2.05, 4.69) is 5.32 Å². The molecular weight excluding hydrogens is 221 g/mol. The second-order valence-electron chi connectivity index (χ2n) is 4.07. The Morgan fingerprint density at radius 2 is 1.94 bits per heavy atom. The van der Waals surface area contributed by atoms with Crippen LogP contribution in [0, 0.1) is 0 Å². The molecule has 0 aromatic heterocycles. The van der Waals surface area contributed by atoms with Crippen LogP contribution in [0.15, 0.2) is 0 Å². The van der Waals surface area contributed by atoms with E-state index in [1.807, 2.05) is 0 Å². The van der Waals surface area contributed by atoms with Gasteiger partial charge in [-0.05, 0) is 19.8 Å². The first-order valence-electron chi connectivity index (χ1n) is 5.49. The van der Waals surface area contributed by atoms with Gasteiger partial charge in [-0.2, -0.15) is 13.2 Å². The molecule has 0 spiro atoms. The Bertz CT molecular complexity index is 237. The summed E-state index contributed by atoms with van der Waals surface area (Å²) >= 11 is 0. The zero-order chi connectivity index (χ0) is 12.2. The second kappa shape index (κ2) is 5.52. The average Bonchev–Trinajstić information content (AvgIpc) is 2.67. The van der Waals surface area contributed by atoms with Crippen molar-refractivity contribution in [2.45, 2.75) is 38.4 Å². The van der Waals surface area contributed by atoms with E-state index < -0.39 is 18.6 Å². The predicted octanol–water partition coefficient (Wildman–Crippen LogP) is 1.54. The highest BCUT2D eigenvalue weighted by atomic mass is 19.4. The smallest absolute Gasteiger partial charge is 0.341 e. The Labute approximate surface area is 93.0 Å². The highest BCUT2D eigenvalue weighted by Gasteiger charge is 2.28. The molecular formula is C10H17F3N2O. The van der Waals surface area contributed by atoms with Crippen LogP contribution in [-0.4, -0.2) is 42.7 Å². The number of rotatable bonds is 4. The monoisotopic (exact) mass is 238 g/mol. The number of carbonyl (C=O) groups is 1. The Balaban J connectivity index is 2.23. The van der Waals surface area contributed by atoms with E-state index in [0.717, 1.165) is 25.9 Å². The van der Waals surface area contributed by atoms with Crippen molar-refractivity contribution in [1.82, 2.24) is 10.2 Å². The SMILES string of the molecule is CC(NCCC(F)(F)F)C(=O)N1CCCC1. The minimum absolute atomic E-state index is 0.0975. The molecule has 1 unspecified atom stereocenters.